The predicted molar refractivity (Wildman–Crippen MR) is 72.3 cm³/mol. The molecule has 1 saturated carbocycles. The van der Waals surface area contributed by atoms with Gasteiger partial charge in [0.05, 0.1) is 16.7 Å². The first-order chi connectivity index (χ1) is 9.54. The number of aromatic carboxylic acids is 1. The lowest BCUT2D eigenvalue weighted by Crippen LogP contribution is -1.99. The van der Waals surface area contributed by atoms with Crippen molar-refractivity contribution >= 4 is 17.6 Å². The Labute approximate surface area is 120 Å². The van der Waals surface area contributed by atoms with Gasteiger partial charge in [-0.25, -0.2) is 4.79 Å². The number of halogens is 1. The van der Waals surface area contributed by atoms with Gasteiger partial charge in [-0.05, 0) is 37.5 Å². The van der Waals surface area contributed by atoms with Crippen LogP contribution in [0.15, 0.2) is 22.7 Å². The monoisotopic (exact) mass is 293 g/mol. The molecule has 0 spiro atoms. The molecule has 0 saturated heterocycles. The third kappa shape index (κ3) is 2.49. The molecule has 0 aliphatic heterocycles. The summed E-state index contributed by atoms with van der Waals surface area (Å²) in [5, 5.41) is 12.9. The molecule has 1 aromatic carbocycles. The van der Waals surface area contributed by atoms with Crippen LogP contribution in [0.2, 0.25) is 5.02 Å². The zero-order valence-electron chi connectivity index (χ0n) is 10.7. The first kappa shape index (κ1) is 13.0. The van der Waals surface area contributed by atoms with Gasteiger partial charge in [-0.15, -0.1) is 0 Å². The van der Waals surface area contributed by atoms with E-state index in [1.807, 2.05) is 13.0 Å². The van der Waals surface area contributed by atoms with Crippen LogP contribution in [-0.4, -0.2) is 22.3 Å². The summed E-state index contributed by atoms with van der Waals surface area (Å²) in [6.07, 6.45) is 2.18. The number of hydrogen-bond donors (Lipinski definition) is 1. The molecule has 1 aliphatic rings. The van der Waals surface area contributed by atoms with E-state index in [-0.39, 0.29) is 11.8 Å². The Morgan fingerprint density at radius 2 is 2.20 bits per heavy atom. The Morgan fingerprint density at radius 1 is 1.45 bits per heavy atom. The summed E-state index contributed by atoms with van der Waals surface area (Å²) in [7, 11) is 0. The van der Waals surface area contributed by atoms with Gasteiger partial charge in [0.2, 0.25) is 0 Å². The number of carbonyl (C=O) groups is 1. The highest BCUT2D eigenvalue weighted by atomic mass is 35.5. The molecule has 1 N–H and O–H groups in total. The van der Waals surface area contributed by atoms with Gasteiger partial charge in [-0.1, -0.05) is 16.8 Å². The number of nitrogens with zero attached hydrogens (tertiary/aromatic N) is 1. The molecule has 5 nitrogen and oxygen atoms in total. The lowest BCUT2D eigenvalue weighted by Gasteiger charge is -2.11. The molecule has 0 bridgehead atoms. The minimum Gasteiger partial charge on any atom is -0.488 e. The van der Waals surface area contributed by atoms with Crippen molar-refractivity contribution in [1.82, 2.24) is 5.16 Å². The summed E-state index contributed by atoms with van der Waals surface area (Å²) in [6, 6.07) is 5.01. The lowest BCUT2D eigenvalue weighted by atomic mass is 10.1. The number of ether oxygens (including phenoxy) is 1. The molecule has 1 aromatic heterocycles. The molecule has 1 aliphatic carbocycles. The second kappa shape index (κ2) is 4.83. The number of rotatable bonds is 4. The van der Waals surface area contributed by atoms with E-state index in [4.69, 9.17) is 26.0 Å². The molecule has 1 fully saturated rings. The normalized spacial score (nSPS) is 14.3. The van der Waals surface area contributed by atoms with Crippen LogP contribution in [0.3, 0.4) is 0 Å². The molecule has 0 amide bonds. The fourth-order valence-electron chi connectivity index (χ4n) is 1.89. The standard InChI is InChI=1S/C14H12ClNO4/c1-7-4-9(12-6-11(14(17)18)16-20-12)13(10(15)5-7)19-8-2-3-8/h4-6,8H,2-3H2,1H3,(H,17,18). The number of carboxylic acid groups (broad SMARTS) is 1. The van der Waals surface area contributed by atoms with E-state index in [0.29, 0.717) is 22.1 Å². The highest BCUT2D eigenvalue weighted by Gasteiger charge is 2.27. The van der Waals surface area contributed by atoms with Crippen LogP contribution >= 0.6 is 11.6 Å². The van der Waals surface area contributed by atoms with Gasteiger partial charge < -0.3 is 14.4 Å². The van der Waals surface area contributed by atoms with Crippen molar-refractivity contribution in [3.63, 3.8) is 0 Å². The number of hydrogen-bond acceptors (Lipinski definition) is 4. The van der Waals surface area contributed by atoms with Gasteiger partial charge >= 0.3 is 5.97 Å². The minimum absolute atomic E-state index is 0.144. The molecule has 20 heavy (non-hydrogen) atoms. The molecule has 6 heteroatoms. The highest BCUT2D eigenvalue weighted by molar-refractivity contribution is 6.32. The molecule has 0 radical (unpaired) electrons. The van der Waals surface area contributed by atoms with Crippen molar-refractivity contribution in [2.24, 2.45) is 0 Å². The molecule has 3 rings (SSSR count). The summed E-state index contributed by atoms with van der Waals surface area (Å²) in [5.74, 6) is -0.278. The SMILES string of the molecule is Cc1cc(Cl)c(OC2CC2)c(-c2cc(C(=O)O)no2)c1. The lowest BCUT2D eigenvalue weighted by molar-refractivity contribution is 0.0686. The van der Waals surface area contributed by atoms with Crippen LogP contribution in [-0.2, 0) is 0 Å². The first-order valence-corrected chi connectivity index (χ1v) is 6.59. The van der Waals surface area contributed by atoms with Crippen molar-refractivity contribution in [2.75, 3.05) is 0 Å². The molecule has 2 aromatic rings. The van der Waals surface area contributed by atoms with Crippen LogP contribution in [0.1, 0.15) is 28.9 Å². The molecule has 0 unspecified atom stereocenters. The van der Waals surface area contributed by atoms with Gasteiger partial charge in [0.1, 0.15) is 5.75 Å². The Hall–Kier alpha value is -2.01. The van der Waals surface area contributed by atoms with E-state index < -0.39 is 5.97 Å². The topological polar surface area (TPSA) is 72.6 Å². The average Bonchev–Trinajstić information content (AvgIpc) is 3.05. The Bertz CT molecular complexity index is 676. The van der Waals surface area contributed by atoms with Crippen LogP contribution in [0, 0.1) is 6.92 Å². The summed E-state index contributed by atoms with van der Waals surface area (Å²) in [4.78, 5) is 10.9. The third-order valence-electron chi connectivity index (χ3n) is 2.99. The second-order valence-corrected chi connectivity index (χ2v) is 5.23. The molecule has 1 heterocycles. The van der Waals surface area contributed by atoms with Gasteiger partial charge in [0.25, 0.3) is 0 Å². The maximum absolute atomic E-state index is 10.9. The van der Waals surface area contributed by atoms with E-state index in [2.05, 4.69) is 5.16 Å². The average molecular weight is 294 g/mol. The summed E-state index contributed by atoms with van der Waals surface area (Å²) in [6.45, 7) is 1.89. The molecular weight excluding hydrogens is 282 g/mol. The van der Waals surface area contributed by atoms with Crippen LogP contribution in [0.4, 0.5) is 0 Å². The third-order valence-corrected chi connectivity index (χ3v) is 3.27. The number of aryl methyl sites for hydroxylation is 1. The minimum atomic E-state index is -1.14. The summed E-state index contributed by atoms with van der Waals surface area (Å²) >= 11 is 6.22. The smallest absolute Gasteiger partial charge is 0.358 e. The van der Waals surface area contributed by atoms with Crippen LogP contribution in [0.25, 0.3) is 11.3 Å². The second-order valence-electron chi connectivity index (χ2n) is 4.82. The zero-order valence-corrected chi connectivity index (χ0v) is 11.5. The predicted octanol–water partition coefficient (Wildman–Crippen LogP) is 3.54. The summed E-state index contributed by atoms with van der Waals surface area (Å²) < 4.78 is 10.9. The Morgan fingerprint density at radius 3 is 2.80 bits per heavy atom. The van der Waals surface area contributed by atoms with E-state index in [0.717, 1.165) is 18.4 Å². The Kier molecular flexibility index (Phi) is 3.14. The largest absolute Gasteiger partial charge is 0.488 e. The van der Waals surface area contributed by atoms with Crippen molar-refractivity contribution in [1.29, 1.82) is 0 Å². The summed E-state index contributed by atoms with van der Waals surface area (Å²) in [5.41, 5.74) is 1.42. The zero-order chi connectivity index (χ0) is 14.3. The van der Waals surface area contributed by atoms with Gasteiger partial charge in [-0.3, -0.25) is 0 Å². The molecular formula is C14H12ClNO4. The van der Waals surface area contributed by atoms with E-state index in [1.165, 1.54) is 6.07 Å². The maximum atomic E-state index is 10.9. The number of carboxylic acids is 1. The molecule has 104 valence electrons. The number of aromatic nitrogens is 1. The fraction of sp³-hybridized carbons (Fsp3) is 0.286. The van der Waals surface area contributed by atoms with Crippen molar-refractivity contribution < 1.29 is 19.2 Å². The van der Waals surface area contributed by atoms with Gasteiger partial charge in [0, 0.05) is 6.07 Å². The van der Waals surface area contributed by atoms with Crippen molar-refractivity contribution in [2.45, 2.75) is 25.9 Å². The van der Waals surface area contributed by atoms with Crippen LogP contribution in [0.5, 0.6) is 5.75 Å². The quantitative estimate of drug-likeness (QED) is 0.933. The maximum Gasteiger partial charge on any atom is 0.358 e. The van der Waals surface area contributed by atoms with E-state index >= 15 is 0 Å². The Balaban J connectivity index is 2.07. The molecule has 0 atom stereocenters. The van der Waals surface area contributed by atoms with E-state index in [9.17, 15) is 4.79 Å². The van der Waals surface area contributed by atoms with Crippen LogP contribution < -0.4 is 4.74 Å². The van der Waals surface area contributed by atoms with Gasteiger partial charge in [0.15, 0.2) is 11.5 Å². The first-order valence-electron chi connectivity index (χ1n) is 6.22. The van der Waals surface area contributed by atoms with Crippen molar-refractivity contribution in [3.8, 4) is 17.1 Å². The van der Waals surface area contributed by atoms with Gasteiger partial charge in [-0.2, -0.15) is 0 Å². The van der Waals surface area contributed by atoms with E-state index in [1.54, 1.807) is 6.07 Å². The van der Waals surface area contributed by atoms with Crippen molar-refractivity contribution in [3.05, 3.63) is 34.5 Å². The number of benzene rings is 1. The fourth-order valence-corrected chi connectivity index (χ4v) is 2.21. The highest BCUT2D eigenvalue weighted by Crippen LogP contribution is 2.41.